The number of nitrogen functional groups attached to an aromatic ring is 1. The fourth-order valence-corrected chi connectivity index (χ4v) is 2.36. The van der Waals surface area contributed by atoms with Gasteiger partial charge in [0.25, 0.3) is 0 Å². The van der Waals surface area contributed by atoms with Gasteiger partial charge in [-0.25, -0.2) is 0 Å². The minimum atomic E-state index is -0.120. The van der Waals surface area contributed by atoms with Gasteiger partial charge in [0.1, 0.15) is 5.76 Å². The summed E-state index contributed by atoms with van der Waals surface area (Å²) in [6.45, 7) is 0. The SMILES string of the molecule is Nc1ccc(Cl)cc1NC(=O)CSCc1ccco1. The summed E-state index contributed by atoms with van der Waals surface area (Å²) in [5, 5.41) is 3.27. The lowest BCUT2D eigenvalue weighted by Gasteiger charge is -2.08. The smallest absolute Gasteiger partial charge is 0.234 e. The summed E-state index contributed by atoms with van der Waals surface area (Å²) in [6.07, 6.45) is 1.61. The number of halogens is 1. The van der Waals surface area contributed by atoms with Gasteiger partial charge in [0.05, 0.1) is 29.1 Å². The summed E-state index contributed by atoms with van der Waals surface area (Å²) in [5.74, 6) is 1.71. The monoisotopic (exact) mass is 296 g/mol. The molecule has 2 aromatic rings. The Kier molecular flexibility index (Phi) is 4.76. The summed E-state index contributed by atoms with van der Waals surface area (Å²) in [4.78, 5) is 11.7. The van der Waals surface area contributed by atoms with Gasteiger partial charge in [-0.2, -0.15) is 0 Å². The number of thioether (sulfide) groups is 1. The molecule has 0 saturated carbocycles. The molecule has 0 aliphatic rings. The van der Waals surface area contributed by atoms with Gasteiger partial charge in [0, 0.05) is 5.02 Å². The Morgan fingerprint density at radius 3 is 3.00 bits per heavy atom. The van der Waals surface area contributed by atoms with Crippen molar-refractivity contribution in [3.05, 3.63) is 47.4 Å². The Morgan fingerprint density at radius 1 is 1.42 bits per heavy atom. The van der Waals surface area contributed by atoms with Gasteiger partial charge in [-0.15, -0.1) is 11.8 Å². The van der Waals surface area contributed by atoms with Crippen molar-refractivity contribution in [3.63, 3.8) is 0 Å². The summed E-state index contributed by atoms with van der Waals surface area (Å²) in [5.41, 5.74) is 6.78. The topological polar surface area (TPSA) is 68.3 Å². The Labute approximate surface area is 120 Å². The van der Waals surface area contributed by atoms with E-state index in [-0.39, 0.29) is 5.91 Å². The molecule has 1 amide bonds. The van der Waals surface area contributed by atoms with Crippen LogP contribution >= 0.6 is 23.4 Å². The van der Waals surface area contributed by atoms with Crippen molar-refractivity contribution in [1.82, 2.24) is 0 Å². The van der Waals surface area contributed by atoms with E-state index in [0.717, 1.165) is 5.76 Å². The molecule has 3 N–H and O–H groups in total. The molecular weight excluding hydrogens is 284 g/mol. The van der Waals surface area contributed by atoms with Crippen molar-refractivity contribution in [2.45, 2.75) is 5.75 Å². The largest absolute Gasteiger partial charge is 0.468 e. The van der Waals surface area contributed by atoms with Crippen LogP contribution in [-0.4, -0.2) is 11.7 Å². The molecule has 0 spiro atoms. The third kappa shape index (κ3) is 4.22. The molecule has 19 heavy (non-hydrogen) atoms. The molecule has 0 bridgehead atoms. The number of hydrogen-bond acceptors (Lipinski definition) is 4. The van der Waals surface area contributed by atoms with Crippen LogP contribution in [0, 0.1) is 0 Å². The van der Waals surface area contributed by atoms with Crippen LogP contribution in [0.4, 0.5) is 11.4 Å². The number of nitrogens with two attached hydrogens (primary N) is 1. The Balaban J connectivity index is 1.82. The lowest BCUT2D eigenvalue weighted by atomic mass is 10.2. The van der Waals surface area contributed by atoms with Crippen molar-refractivity contribution >= 4 is 40.6 Å². The van der Waals surface area contributed by atoms with Gasteiger partial charge in [0.2, 0.25) is 5.91 Å². The van der Waals surface area contributed by atoms with E-state index in [1.165, 1.54) is 11.8 Å². The van der Waals surface area contributed by atoms with E-state index >= 15 is 0 Å². The summed E-state index contributed by atoms with van der Waals surface area (Å²) in [6, 6.07) is 8.67. The maximum atomic E-state index is 11.7. The normalized spacial score (nSPS) is 10.4. The Morgan fingerprint density at radius 2 is 2.26 bits per heavy atom. The molecular formula is C13H13ClN2O2S. The highest BCUT2D eigenvalue weighted by Gasteiger charge is 2.07. The standard InChI is InChI=1S/C13H13ClN2O2S/c14-9-3-4-11(15)12(6-9)16-13(17)8-19-7-10-2-1-5-18-10/h1-6H,7-8,15H2,(H,16,17). The summed E-state index contributed by atoms with van der Waals surface area (Å²) >= 11 is 7.32. The first-order valence-corrected chi connectivity index (χ1v) is 7.13. The average Bonchev–Trinajstić information content (AvgIpc) is 2.87. The molecule has 0 atom stereocenters. The van der Waals surface area contributed by atoms with Gasteiger partial charge in [-0.3, -0.25) is 4.79 Å². The van der Waals surface area contributed by atoms with Gasteiger partial charge in [0.15, 0.2) is 0 Å². The second-order valence-electron chi connectivity index (χ2n) is 3.85. The fourth-order valence-electron chi connectivity index (χ4n) is 1.46. The molecule has 4 nitrogen and oxygen atoms in total. The number of carbonyl (C=O) groups is 1. The molecule has 2 rings (SSSR count). The molecule has 0 radical (unpaired) electrons. The third-order valence-electron chi connectivity index (χ3n) is 2.35. The first-order valence-electron chi connectivity index (χ1n) is 5.60. The number of anilines is 2. The van der Waals surface area contributed by atoms with Crippen molar-refractivity contribution in [1.29, 1.82) is 0 Å². The van der Waals surface area contributed by atoms with Crippen LogP contribution in [-0.2, 0) is 10.5 Å². The van der Waals surface area contributed by atoms with Crippen molar-refractivity contribution in [2.75, 3.05) is 16.8 Å². The second kappa shape index (κ2) is 6.54. The molecule has 0 fully saturated rings. The van der Waals surface area contributed by atoms with E-state index in [4.69, 9.17) is 21.8 Å². The molecule has 0 saturated heterocycles. The van der Waals surface area contributed by atoms with Crippen LogP contribution in [0.5, 0.6) is 0 Å². The number of amides is 1. The predicted octanol–water partition coefficient (Wildman–Crippen LogP) is 3.39. The zero-order chi connectivity index (χ0) is 13.7. The average molecular weight is 297 g/mol. The number of carbonyl (C=O) groups excluding carboxylic acids is 1. The minimum Gasteiger partial charge on any atom is -0.468 e. The number of hydrogen-bond donors (Lipinski definition) is 2. The minimum absolute atomic E-state index is 0.120. The second-order valence-corrected chi connectivity index (χ2v) is 5.27. The zero-order valence-electron chi connectivity index (χ0n) is 10.1. The molecule has 1 aromatic carbocycles. The highest BCUT2D eigenvalue weighted by molar-refractivity contribution is 7.99. The van der Waals surface area contributed by atoms with Crippen molar-refractivity contribution < 1.29 is 9.21 Å². The van der Waals surface area contributed by atoms with Crippen LogP contribution < -0.4 is 11.1 Å². The third-order valence-corrected chi connectivity index (χ3v) is 3.54. The summed E-state index contributed by atoms with van der Waals surface area (Å²) < 4.78 is 5.18. The van der Waals surface area contributed by atoms with E-state index < -0.39 is 0 Å². The van der Waals surface area contributed by atoms with Crippen LogP contribution in [0.1, 0.15) is 5.76 Å². The quantitative estimate of drug-likeness (QED) is 0.830. The van der Waals surface area contributed by atoms with Crippen LogP contribution in [0.15, 0.2) is 41.0 Å². The lowest BCUT2D eigenvalue weighted by molar-refractivity contribution is -0.113. The molecule has 6 heteroatoms. The fraction of sp³-hybridized carbons (Fsp3) is 0.154. The molecule has 100 valence electrons. The Bertz CT molecular complexity index is 558. The molecule has 1 aromatic heterocycles. The van der Waals surface area contributed by atoms with Gasteiger partial charge in [-0.1, -0.05) is 11.6 Å². The zero-order valence-corrected chi connectivity index (χ0v) is 11.6. The van der Waals surface area contributed by atoms with E-state index in [0.29, 0.717) is 27.9 Å². The lowest BCUT2D eigenvalue weighted by Crippen LogP contribution is -2.15. The number of furan rings is 1. The Hall–Kier alpha value is -1.59. The van der Waals surface area contributed by atoms with E-state index in [2.05, 4.69) is 5.32 Å². The molecule has 0 unspecified atom stereocenters. The van der Waals surface area contributed by atoms with E-state index in [1.807, 2.05) is 12.1 Å². The van der Waals surface area contributed by atoms with E-state index in [1.54, 1.807) is 24.5 Å². The van der Waals surface area contributed by atoms with Gasteiger partial charge >= 0.3 is 0 Å². The highest BCUT2D eigenvalue weighted by Crippen LogP contribution is 2.23. The van der Waals surface area contributed by atoms with Crippen LogP contribution in [0.25, 0.3) is 0 Å². The van der Waals surface area contributed by atoms with Crippen molar-refractivity contribution in [3.8, 4) is 0 Å². The molecule has 0 aliphatic heterocycles. The van der Waals surface area contributed by atoms with Gasteiger partial charge in [-0.05, 0) is 30.3 Å². The number of benzene rings is 1. The summed E-state index contributed by atoms with van der Waals surface area (Å²) in [7, 11) is 0. The number of rotatable bonds is 5. The number of nitrogens with one attached hydrogen (secondary N) is 1. The van der Waals surface area contributed by atoms with Crippen LogP contribution in [0.2, 0.25) is 5.02 Å². The highest BCUT2D eigenvalue weighted by atomic mass is 35.5. The maximum Gasteiger partial charge on any atom is 0.234 e. The van der Waals surface area contributed by atoms with Crippen molar-refractivity contribution in [2.24, 2.45) is 0 Å². The molecule has 0 aliphatic carbocycles. The van der Waals surface area contributed by atoms with Gasteiger partial charge < -0.3 is 15.5 Å². The first-order chi connectivity index (χ1) is 9.15. The maximum absolute atomic E-state index is 11.7. The molecule has 1 heterocycles. The first kappa shape index (κ1) is 13.8. The van der Waals surface area contributed by atoms with Crippen LogP contribution in [0.3, 0.4) is 0 Å². The van der Waals surface area contributed by atoms with E-state index in [9.17, 15) is 4.79 Å². The predicted molar refractivity (Wildman–Crippen MR) is 79.4 cm³/mol.